The number of amides is 2. The minimum absolute atomic E-state index is 0.369. The zero-order valence-corrected chi connectivity index (χ0v) is 18.9. The van der Waals surface area contributed by atoms with Crippen LogP contribution in [0.3, 0.4) is 0 Å². The van der Waals surface area contributed by atoms with E-state index >= 15 is 0 Å². The van der Waals surface area contributed by atoms with Gasteiger partial charge in [0.25, 0.3) is 11.8 Å². The summed E-state index contributed by atoms with van der Waals surface area (Å²) in [6.45, 7) is 7.30. The number of nitrogens with one attached hydrogen (secondary N) is 3. The number of carbonyl (C=O) groups is 2. The molecule has 0 aliphatic carbocycles. The molecule has 0 saturated carbocycles. The van der Waals surface area contributed by atoms with Crippen LogP contribution in [0.2, 0.25) is 0 Å². The van der Waals surface area contributed by atoms with Crippen LogP contribution in [0.5, 0.6) is 0 Å². The highest BCUT2D eigenvalue weighted by Gasteiger charge is 2.38. The quantitative estimate of drug-likeness (QED) is 0.545. The van der Waals surface area contributed by atoms with Crippen molar-refractivity contribution in [3.05, 3.63) is 94.5 Å². The van der Waals surface area contributed by atoms with E-state index in [4.69, 9.17) is 4.42 Å². The fourth-order valence-corrected chi connectivity index (χ4v) is 3.93. The van der Waals surface area contributed by atoms with Crippen molar-refractivity contribution in [3.63, 3.8) is 0 Å². The molecule has 0 radical (unpaired) electrons. The molecule has 0 aromatic carbocycles. The Labute approximate surface area is 191 Å². The van der Waals surface area contributed by atoms with Gasteiger partial charge in [-0.3, -0.25) is 9.59 Å². The number of furan rings is 1. The highest BCUT2D eigenvalue weighted by Crippen LogP contribution is 2.39. The Balaban J connectivity index is 1.71. The minimum Gasteiger partial charge on any atom is -0.468 e. The molecular formula is C25H25N5O3. The van der Waals surface area contributed by atoms with Crippen LogP contribution in [0.15, 0.2) is 81.8 Å². The maximum atomic E-state index is 13.4. The SMILES string of the molecule is CC1=C(C(=O)Nc2cccc(C)n2)C(c2ccco2)C(C(=O)Nc2cccc(C)n2)=C(C)N1. The number of hydrogen-bond donors (Lipinski definition) is 3. The van der Waals surface area contributed by atoms with Gasteiger partial charge in [0.1, 0.15) is 17.4 Å². The monoisotopic (exact) mass is 443 g/mol. The van der Waals surface area contributed by atoms with Crippen molar-refractivity contribution in [2.45, 2.75) is 33.6 Å². The number of rotatable bonds is 5. The predicted octanol–water partition coefficient (Wildman–Crippen LogP) is 4.20. The van der Waals surface area contributed by atoms with Gasteiger partial charge in [-0.15, -0.1) is 0 Å². The van der Waals surface area contributed by atoms with E-state index in [0.29, 0.717) is 39.9 Å². The Bertz CT molecular complexity index is 1190. The molecule has 0 fully saturated rings. The van der Waals surface area contributed by atoms with Crippen LogP contribution in [0.4, 0.5) is 11.6 Å². The summed E-state index contributed by atoms with van der Waals surface area (Å²) < 4.78 is 5.68. The van der Waals surface area contributed by atoms with E-state index in [1.807, 2.05) is 38.1 Å². The largest absolute Gasteiger partial charge is 0.468 e. The molecule has 3 N–H and O–H groups in total. The van der Waals surface area contributed by atoms with Crippen LogP contribution in [-0.2, 0) is 9.59 Å². The van der Waals surface area contributed by atoms with Gasteiger partial charge in [-0.25, -0.2) is 9.97 Å². The van der Waals surface area contributed by atoms with Gasteiger partial charge in [-0.2, -0.15) is 0 Å². The molecule has 8 heteroatoms. The molecule has 0 bridgehead atoms. The van der Waals surface area contributed by atoms with Gasteiger partial charge in [-0.1, -0.05) is 12.1 Å². The summed E-state index contributed by atoms with van der Waals surface area (Å²) in [5.41, 5.74) is 3.57. The topological polar surface area (TPSA) is 109 Å². The third-order valence-electron chi connectivity index (χ3n) is 5.34. The molecule has 3 aromatic heterocycles. The number of allylic oxidation sites excluding steroid dienone is 2. The normalized spacial score (nSPS) is 14.2. The first-order chi connectivity index (χ1) is 15.8. The van der Waals surface area contributed by atoms with Crippen LogP contribution < -0.4 is 16.0 Å². The lowest BCUT2D eigenvalue weighted by atomic mass is 9.82. The first-order valence-corrected chi connectivity index (χ1v) is 10.6. The Morgan fingerprint density at radius 3 is 1.73 bits per heavy atom. The lowest BCUT2D eigenvalue weighted by Crippen LogP contribution is -2.35. The molecule has 4 rings (SSSR count). The van der Waals surface area contributed by atoms with E-state index in [0.717, 1.165) is 11.4 Å². The second kappa shape index (κ2) is 9.12. The molecule has 168 valence electrons. The van der Waals surface area contributed by atoms with E-state index < -0.39 is 5.92 Å². The van der Waals surface area contributed by atoms with Crippen molar-refractivity contribution < 1.29 is 14.0 Å². The molecule has 2 amide bonds. The molecule has 0 atom stereocenters. The Morgan fingerprint density at radius 2 is 1.30 bits per heavy atom. The van der Waals surface area contributed by atoms with Gasteiger partial charge in [0.2, 0.25) is 0 Å². The minimum atomic E-state index is -0.712. The summed E-state index contributed by atoms with van der Waals surface area (Å²) in [6.07, 6.45) is 1.53. The van der Waals surface area contributed by atoms with Gasteiger partial charge in [0.15, 0.2) is 0 Å². The maximum absolute atomic E-state index is 13.4. The van der Waals surface area contributed by atoms with Crippen molar-refractivity contribution in [3.8, 4) is 0 Å². The fourth-order valence-electron chi connectivity index (χ4n) is 3.93. The fraction of sp³-hybridized carbons (Fsp3) is 0.200. The van der Waals surface area contributed by atoms with E-state index in [9.17, 15) is 9.59 Å². The van der Waals surface area contributed by atoms with Gasteiger partial charge in [0, 0.05) is 22.8 Å². The van der Waals surface area contributed by atoms with Crippen molar-refractivity contribution in [1.29, 1.82) is 0 Å². The van der Waals surface area contributed by atoms with Crippen LogP contribution in [0.1, 0.15) is 36.9 Å². The average Bonchev–Trinajstić information content (AvgIpc) is 3.27. The predicted molar refractivity (Wildman–Crippen MR) is 125 cm³/mol. The number of carbonyl (C=O) groups excluding carboxylic acids is 2. The molecular weight excluding hydrogens is 418 g/mol. The van der Waals surface area contributed by atoms with Gasteiger partial charge in [0.05, 0.1) is 23.3 Å². The first-order valence-electron chi connectivity index (χ1n) is 10.6. The van der Waals surface area contributed by atoms with Crippen molar-refractivity contribution in [1.82, 2.24) is 15.3 Å². The molecule has 3 aromatic rings. The molecule has 0 spiro atoms. The Kier molecular flexibility index (Phi) is 6.08. The molecule has 8 nitrogen and oxygen atoms in total. The number of pyridine rings is 2. The van der Waals surface area contributed by atoms with Gasteiger partial charge >= 0.3 is 0 Å². The highest BCUT2D eigenvalue weighted by molar-refractivity contribution is 6.11. The number of anilines is 2. The summed E-state index contributed by atoms with van der Waals surface area (Å²) in [4.78, 5) is 35.5. The molecule has 4 heterocycles. The average molecular weight is 444 g/mol. The second-order valence-electron chi connectivity index (χ2n) is 7.89. The van der Waals surface area contributed by atoms with Gasteiger partial charge < -0.3 is 20.4 Å². The van der Waals surface area contributed by atoms with E-state index in [1.165, 1.54) is 6.26 Å². The third-order valence-corrected chi connectivity index (χ3v) is 5.34. The molecule has 0 saturated heterocycles. The number of dihydropyridines is 1. The molecule has 1 aliphatic rings. The van der Waals surface area contributed by atoms with E-state index in [-0.39, 0.29) is 11.8 Å². The van der Waals surface area contributed by atoms with Gasteiger partial charge in [-0.05, 0) is 64.1 Å². The summed E-state index contributed by atoms with van der Waals surface area (Å²) in [6, 6.07) is 14.3. The second-order valence-corrected chi connectivity index (χ2v) is 7.89. The van der Waals surface area contributed by atoms with Crippen LogP contribution in [0.25, 0.3) is 0 Å². The molecule has 0 unspecified atom stereocenters. The summed E-state index contributed by atoms with van der Waals surface area (Å²) in [7, 11) is 0. The van der Waals surface area contributed by atoms with Crippen molar-refractivity contribution >= 4 is 23.5 Å². The van der Waals surface area contributed by atoms with Crippen LogP contribution >= 0.6 is 0 Å². The maximum Gasteiger partial charge on any atom is 0.255 e. The Morgan fingerprint density at radius 1 is 0.788 bits per heavy atom. The van der Waals surface area contributed by atoms with Crippen molar-refractivity contribution in [2.24, 2.45) is 0 Å². The number of nitrogens with zero attached hydrogens (tertiary/aromatic N) is 2. The third kappa shape index (κ3) is 4.69. The zero-order chi connectivity index (χ0) is 23.5. The standard InChI is InChI=1S/C25H25N5O3/c1-14-8-5-11-19(26-14)29-24(31)21-16(3)28-17(4)22(23(21)18-10-7-13-33-18)25(32)30-20-12-6-9-15(2)27-20/h5-13,23,28H,1-4H3,(H,26,29,31)(H,27,30,32). The van der Waals surface area contributed by atoms with E-state index in [2.05, 4.69) is 25.9 Å². The molecule has 33 heavy (non-hydrogen) atoms. The summed E-state index contributed by atoms with van der Waals surface area (Å²) in [5.74, 6) is -0.104. The van der Waals surface area contributed by atoms with E-state index in [1.54, 1.807) is 38.1 Å². The van der Waals surface area contributed by atoms with Crippen molar-refractivity contribution in [2.75, 3.05) is 10.6 Å². The lowest BCUT2D eigenvalue weighted by molar-refractivity contribution is -0.113. The summed E-state index contributed by atoms with van der Waals surface area (Å²) >= 11 is 0. The smallest absolute Gasteiger partial charge is 0.255 e. The number of aryl methyl sites for hydroxylation is 2. The Hall–Kier alpha value is -4.20. The number of aromatic nitrogens is 2. The lowest BCUT2D eigenvalue weighted by Gasteiger charge is -2.29. The summed E-state index contributed by atoms with van der Waals surface area (Å²) in [5, 5.41) is 8.88. The van der Waals surface area contributed by atoms with Crippen LogP contribution in [0, 0.1) is 13.8 Å². The molecule has 1 aliphatic heterocycles. The highest BCUT2D eigenvalue weighted by atomic mass is 16.3. The van der Waals surface area contributed by atoms with Crippen LogP contribution in [-0.4, -0.2) is 21.8 Å². The zero-order valence-electron chi connectivity index (χ0n) is 18.9. The first kappa shape index (κ1) is 22.0. The number of hydrogen-bond acceptors (Lipinski definition) is 6.